The van der Waals surface area contributed by atoms with Gasteiger partial charge in [-0.05, 0) is 32.0 Å². The molecule has 0 saturated carbocycles. The number of aryl methyl sites for hydroxylation is 1. The van der Waals surface area contributed by atoms with Gasteiger partial charge in [-0.3, -0.25) is 4.79 Å². The molecule has 0 bridgehead atoms. The number of carbonyl (C=O) groups excluding carboxylic acids is 1. The molecule has 2 aliphatic heterocycles. The van der Waals surface area contributed by atoms with Crippen LogP contribution in [0.25, 0.3) is 5.69 Å². The van der Waals surface area contributed by atoms with Crippen molar-refractivity contribution in [3.8, 4) is 5.69 Å². The summed E-state index contributed by atoms with van der Waals surface area (Å²) in [4.78, 5) is 15.0. The lowest BCUT2D eigenvalue weighted by atomic mass is 10.0. The quantitative estimate of drug-likeness (QED) is 0.844. The van der Waals surface area contributed by atoms with Crippen molar-refractivity contribution in [3.63, 3.8) is 0 Å². The maximum Gasteiger partial charge on any atom is 0.255 e. The number of hydrogen-bond donors (Lipinski definition) is 0. The summed E-state index contributed by atoms with van der Waals surface area (Å²) in [5, 5.41) is 0. The Morgan fingerprint density at radius 1 is 1.04 bits per heavy atom. The number of ether oxygens (including phenoxy) is 2. The fourth-order valence-corrected chi connectivity index (χ4v) is 3.96. The van der Waals surface area contributed by atoms with Crippen LogP contribution in [0.3, 0.4) is 0 Å². The number of carbonyl (C=O) groups is 1. The van der Waals surface area contributed by atoms with Crippen LogP contribution < -0.4 is 0 Å². The minimum Gasteiger partial charge on any atom is -0.347 e. The van der Waals surface area contributed by atoms with Crippen molar-refractivity contribution in [2.45, 2.75) is 32.5 Å². The van der Waals surface area contributed by atoms with Crippen LogP contribution in [-0.2, 0) is 9.47 Å². The largest absolute Gasteiger partial charge is 0.347 e. The number of hydrogen-bond acceptors (Lipinski definition) is 3. The van der Waals surface area contributed by atoms with Crippen LogP contribution >= 0.6 is 0 Å². The van der Waals surface area contributed by atoms with Crippen LogP contribution in [0.5, 0.6) is 0 Å². The fourth-order valence-electron chi connectivity index (χ4n) is 3.96. The van der Waals surface area contributed by atoms with Crippen molar-refractivity contribution in [1.82, 2.24) is 9.47 Å². The number of benzene rings is 1. The number of likely N-dealkylation sites (tertiary alicyclic amines) is 1. The molecule has 1 spiro atoms. The van der Waals surface area contributed by atoms with Crippen molar-refractivity contribution in [3.05, 3.63) is 53.3 Å². The highest BCUT2D eigenvalue weighted by Crippen LogP contribution is 2.32. The van der Waals surface area contributed by atoms with Crippen LogP contribution in [0.2, 0.25) is 0 Å². The second kappa shape index (κ2) is 6.32. The van der Waals surface area contributed by atoms with Gasteiger partial charge >= 0.3 is 0 Å². The Balaban J connectivity index is 1.55. The third kappa shape index (κ3) is 2.87. The molecule has 0 atom stereocenters. The molecular weight excluding hydrogens is 316 g/mol. The molecule has 3 heterocycles. The van der Waals surface area contributed by atoms with E-state index in [1.807, 2.05) is 43.0 Å². The van der Waals surface area contributed by atoms with Crippen molar-refractivity contribution >= 4 is 5.91 Å². The van der Waals surface area contributed by atoms with Gasteiger partial charge < -0.3 is 18.9 Å². The first-order valence-corrected chi connectivity index (χ1v) is 8.91. The molecule has 0 radical (unpaired) electrons. The van der Waals surface area contributed by atoms with E-state index < -0.39 is 5.79 Å². The van der Waals surface area contributed by atoms with Gasteiger partial charge in [-0.15, -0.1) is 0 Å². The van der Waals surface area contributed by atoms with Gasteiger partial charge in [0, 0.05) is 43.0 Å². The summed E-state index contributed by atoms with van der Waals surface area (Å²) in [6.45, 7) is 6.73. The maximum atomic E-state index is 13.1. The molecule has 25 heavy (non-hydrogen) atoms. The summed E-state index contributed by atoms with van der Waals surface area (Å²) in [6, 6.07) is 12.2. The molecule has 2 aliphatic rings. The Labute approximate surface area is 148 Å². The molecule has 5 nitrogen and oxygen atoms in total. The lowest BCUT2D eigenvalue weighted by Gasteiger charge is -2.37. The van der Waals surface area contributed by atoms with E-state index in [4.69, 9.17) is 9.47 Å². The predicted octanol–water partition coefficient (Wildman–Crippen LogP) is 3.07. The van der Waals surface area contributed by atoms with E-state index in [-0.39, 0.29) is 5.91 Å². The summed E-state index contributed by atoms with van der Waals surface area (Å²) in [7, 11) is 0. The Kier molecular flexibility index (Phi) is 4.13. The van der Waals surface area contributed by atoms with E-state index in [2.05, 4.69) is 16.7 Å². The number of aromatic nitrogens is 1. The molecule has 5 heteroatoms. The topological polar surface area (TPSA) is 43.7 Å². The number of rotatable bonds is 2. The van der Waals surface area contributed by atoms with E-state index in [1.165, 1.54) is 0 Å². The first kappa shape index (κ1) is 16.4. The normalized spacial score (nSPS) is 19.5. The Morgan fingerprint density at radius 3 is 2.32 bits per heavy atom. The smallest absolute Gasteiger partial charge is 0.255 e. The van der Waals surface area contributed by atoms with Crippen molar-refractivity contribution in [2.24, 2.45) is 0 Å². The van der Waals surface area contributed by atoms with Gasteiger partial charge in [-0.1, -0.05) is 18.2 Å². The molecule has 132 valence electrons. The lowest BCUT2D eigenvalue weighted by molar-refractivity contribution is -0.181. The summed E-state index contributed by atoms with van der Waals surface area (Å²) >= 11 is 0. The van der Waals surface area contributed by atoms with Crippen LogP contribution in [-0.4, -0.2) is 47.5 Å². The van der Waals surface area contributed by atoms with E-state index in [9.17, 15) is 4.79 Å². The van der Waals surface area contributed by atoms with Gasteiger partial charge in [-0.2, -0.15) is 0 Å². The van der Waals surface area contributed by atoms with E-state index in [0.717, 1.165) is 35.5 Å². The first-order valence-electron chi connectivity index (χ1n) is 8.91. The van der Waals surface area contributed by atoms with E-state index in [1.54, 1.807) is 0 Å². The molecule has 1 aromatic carbocycles. The average molecular weight is 340 g/mol. The van der Waals surface area contributed by atoms with Crippen molar-refractivity contribution < 1.29 is 14.3 Å². The van der Waals surface area contributed by atoms with Gasteiger partial charge in [0.05, 0.1) is 18.8 Å². The molecule has 4 rings (SSSR count). The zero-order valence-corrected chi connectivity index (χ0v) is 14.8. The molecule has 0 N–H and O–H groups in total. The molecule has 0 unspecified atom stereocenters. The van der Waals surface area contributed by atoms with Gasteiger partial charge in [0.1, 0.15) is 0 Å². The minimum atomic E-state index is -0.447. The first-order chi connectivity index (χ1) is 12.1. The summed E-state index contributed by atoms with van der Waals surface area (Å²) in [5.41, 5.74) is 3.93. The Hall–Kier alpha value is -2.11. The number of piperidine rings is 1. The SMILES string of the molecule is Cc1cc(C(=O)N2CCC3(CC2)OCCO3)c(C)n1-c1ccccc1. The second-order valence-corrected chi connectivity index (χ2v) is 6.86. The standard InChI is InChI=1S/C20H24N2O3/c1-15-14-18(16(2)22(15)17-6-4-3-5-7-17)19(23)21-10-8-20(9-11-21)24-12-13-25-20/h3-7,14H,8-13H2,1-2H3. The zero-order valence-electron chi connectivity index (χ0n) is 14.8. The van der Waals surface area contributed by atoms with Crippen LogP contribution in [0.1, 0.15) is 34.6 Å². The summed E-state index contributed by atoms with van der Waals surface area (Å²) in [6.07, 6.45) is 1.49. The second-order valence-electron chi connectivity index (χ2n) is 6.86. The third-order valence-corrected chi connectivity index (χ3v) is 5.30. The molecule has 1 aromatic heterocycles. The maximum absolute atomic E-state index is 13.1. The van der Waals surface area contributed by atoms with Crippen LogP contribution in [0, 0.1) is 13.8 Å². The van der Waals surface area contributed by atoms with Crippen LogP contribution in [0.4, 0.5) is 0 Å². The highest BCUT2D eigenvalue weighted by atomic mass is 16.7. The highest BCUT2D eigenvalue weighted by Gasteiger charge is 2.41. The fraction of sp³-hybridized carbons (Fsp3) is 0.450. The average Bonchev–Trinajstić information content (AvgIpc) is 3.20. The molecular formula is C20H24N2O3. The molecule has 1 amide bonds. The zero-order chi connectivity index (χ0) is 17.4. The van der Waals surface area contributed by atoms with Gasteiger partial charge in [0.2, 0.25) is 0 Å². The summed E-state index contributed by atoms with van der Waals surface area (Å²) in [5.74, 6) is -0.347. The monoisotopic (exact) mass is 340 g/mol. The molecule has 2 saturated heterocycles. The molecule has 0 aliphatic carbocycles. The van der Waals surface area contributed by atoms with E-state index in [0.29, 0.717) is 26.3 Å². The van der Waals surface area contributed by atoms with Gasteiger partial charge in [-0.25, -0.2) is 0 Å². The lowest BCUT2D eigenvalue weighted by Crippen LogP contribution is -2.47. The number of nitrogens with zero attached hydrogens (tertiary/aromatic N) is 2. The Morgan fingerprint density at radius 2 is 1.68 bits per heavy atom. The Bertz CT molecular complexity index is 766. The number of para-hydroxylation sites is 1. The molecule has 2 fully saturated rings. The molecule has 2 aromatic rings. The highest BCUT2D eigenvalue weighted by molar-refractivity contribution is 5.96. The minimum absolute atomic E-state index is 0.100. The van der Waals surface area contributed by atoms with Gasteiger partial charge in [0.25, 0.3) is 5.91 Å². The van der Waals surface area contributed by atoms with E-state index >= 15 is 0 Å². The van der Waals surface area contributed by atoms with Gasteiger partial charge in [0.15, 0.2) is 5.79 Å². The third-order valence-electron chi connectivity index (χ3n) is 5.30. The van der Waals surface area contributed by atoms with Crippen molar-refractivity contribution in [2.75, 3.05) is 26.3 Å². The van der Waals surface area contributed by atoms with Crippen molar-refractivity contribution in [1.29, 1.82) is 0 Å². The van der Waals surface area contributed by atoms with Crippen LogP contribution in [0.15, 0.2) is 36.4 Å². The predicted molar refractivity (Wildman–Crippen MR) is 95.0 cm³/mol. The summed E-state index contributed by atoms with van der Waals surface area (Å²) < 4.78 is 13.7. The number of amides is 1.